The number of ether oxygens (including phenoxy) is 1. The summed E-state index contributed by atoms with van der Waals surface area (Å²) in [4.78, 5) is 26.1. The summed E-state index contributed by atoms with van der Waals surface area (Å²) in [6, 6.07) is 5.28. The topological polar surface area (TPSA) is 115 Å². The van der Waals surface area contributed by atoms with Gasteiger partial charge in [-0.1, -0.05) is 18.2 Å². The Morgan fingerprint density at radius 1 is 1.31 bits per heavy atom. The van der Waals surface area contributed by atoms with Gasteiger partial charge in [0.15, 0.2) is 5.82 Å². The number of aromatic nitrogens is 5. The molecule has 1 N–H and O–H groups in total. The molecule has 0 amide bonds. The van der Waals surface area contributed by atoms with Crippen molar-refractivity contribution in [3.63, 3.8) is 0 Å². The van der Waals surface area contributed by atoms with Crippen molar-refractivity contribution >= 4 is 23.5 Å². The number of aliphatic hydroxyl groups is 1. The van der Waals surface area contributed by atoms with Crippen molar-refractivity contribution in [1.82, 2.24) is 24.7 Å². The molecule has 0 radical (unpaired) electrons. The van der Waals surface area contributed by atoms with Gasteiger partial charge in [-0.3, -0.25) is 14.4 Å². The van der Waals surface area contributed by atoms with Gasteiger partial charge >= 0.3 is 0 Å². The van der Waals surface area contributed by atoms with Crippen molar-refractivity contribution < 1.29 is 9.84 Å². The number of hydrogen-bond acceptors (Lipinski definition) is 8. The van der Waals surface area contributed by atoms with Crippen molar-refractivity contribution in [2.24, 2.45) is 4.99 Å². The molecule has 188 valence electrons. The smallest absolute Gasteiger partial charge is 0.277 e. The molecule has 0 aliphatic carbocycles. The van der Waals surface area contributed by atoms with Gasteiger partial charge in [0.2, 0.25) is 0 Å². The fourth-order valence-electron chi connectivity index (χ4n) is 3.38. The first-order chi connectivity index (χ1) is 17.0. The summed E-state index contributed by atoms with van der Waals surface area (Å²) in [5.41, 5.74) is 2.51. The molecule has 0 saturated heterocycles. The van der Waals surface area contributed by atoms with E-state index in [4.69, 9.17) is 16.3 Å². The monoisotopic (exact) mass is 508 g/mol. The van der Waals surface area contributed by atoms with E-state index in [2.05, 4.69) is 31.7 Å². The van der Waals surface area contributed by atoms with Crippen LogP contribution in [-0.2, 0) is 18.8 Å². The zero-order chi connectivity index (χ0) is 26.5. The molecule has 0 saturated carbocycles. The molecular weight excluding hydrogens is 480 g/mol. The average Bonchev–Trinajstić information content (AvgIpc) is 2.83. The van der Waals surface area contributed by atoms with Gasteiger partial charge in [0.1, 0.15) is 28.7 Å². The van der Waals surface area contributed by atoms with Crippen LogP contribution in [0.2, 0.25) is 5.02 Å². The predicted molar refractivity (Wildman–Crippen MR) is 140 cm³/mol. The van der Waals surface area contributed by atoms with Crippen molar-refractivity contribution in [2.45, 2.75) is 53.4 Å². The molecule has 10 heteroatoms. The highest BCUT2D eigenvalue weighted by Crippen LogP contribution is 2.25. The van der Waals surface area contributed by atoms with Gasteiger partial charge < -0.3 is 9.84 Å². The van der Waals surface area contributed by atoms with Crippen LogP contribution >= 0.6 is 11.6 Å². The van der Waals surface area contributed by atoms with Crippen LogP contribution < -0.4 is 10.3 Å². The van der Waals surface area contributed by atoms with E-state index in [1.807, 2.05) is 19.9 Å². The molecule has 0 aliphatic heterocycles. The Balaban J connectivity index is 1.85. The van der Waals surface area contributed by atoms with Crippen LogP contribution in [0.1, 0.15) is 49.2 Å². The van der Waals surface area contributed by atoms with Gasteiger partial charge in [-0.05, 0) is 64.0 Å². The lowest BCUT2D eigenvalue weighted by Crippen LogP contribution is -2.23. The number of allylic oxidation sites excluding steroid dienone is 3. The molecule has 3 aromatic rings. The molecular formula is C26H29ClN6O3. The van der Waals surface area contributed by atoms with E-state index in [-0.39, 0.29) is 23.9 Å². The minimum Gasteiger partial charge on any atom is -0.485 e. The minimum absolute atomic E-state index is 0.0505. The highest BCUT2D eigenvalue weighted by Gasteiger charge is 2.19. The van der Waals surface area contributed by atoms with Crippen molar-refractivity contribution in [1.29, 1.82) is 0 Å². The zero-order valence-corrected chi connectivity index (χ0v) is 21.7. The summed E-state index contributed by atoms with van der Waals surface area (Å²) in [5.74, 6) is 0.586. The maximum atomic E-state index is 13.2. The fraction of sp³-hybridized carbons (Fsp3) is 0.308. The normalized spacial score (nSPS) is 12.5. The maximum Gasteiger partial charge on any atom is 0.277 e. The van der Waals surface area contributed by atoms with Gasteiger partial charge in [0, 0.05) is 24.2 Å². The highest BCUT2D eigenvalue weighted by atomic mass is 35.5. The number of hydrogen-bond donors (Lipinski definition) is 1. The fourth-order valence-corrected chi connectivity index (χ4v) is 3.57. The molecule has 3 heterocycles. The quantitative estimate of drug-likeness (QED) is 0.340. The first-order valence-electron chi connectivity index (χ1n) is 11.2. The Bertz CT molecular complexity index is 1390. The summed E-state index contributed by atoms with van der Waals surface area (Å²) in [5, 5.41) is 18.0. The van der Waals surface area contributed by atoms with E-state index < -0.39 is 11.2 Å². The van der Waals surface area contributed by atoms with E-state index in [1.54, 1.807) is 57.6 Å². The molecule has 0 aromatic carbocycles. The molecule has 0 aliphatic rings. The molecule has 3 aromatic heterocycles. The molecule has 36 heavy (non-hydrogen) atoms. The van der Waals surface area contributed by atoms with Crippen LogP contribution in [0.25, 0.3) is 5.70 Å². The molecule has 0 fully saturated rings. The molecule has 3 rings (SSSR count). The number of pyridine rings is 1. The van der Waals surface area contributed by atoms with Crippen LogP contribution in [0.5, 0.6) is 5.75 Å². The summed E-state index contributed by atoms with van der Waals surface area (Å²) < 4.78 is 7.24. The van der Waals surface area contributed by atoms with Crippen LogP contribution in [-0.4, -0.2) is 36.1 Å². The summed E-state index contributed by atoms with van der Waals surface area (Å²) in [6.45, 7) is 13.0. The standard InChI is InChI=1S/C26H29ClN6O3/c1-7-21(17(3)13-28-14-19-8-9-29-25(31-19)26(5,6)35)33-18(4)11-22(23(27)24(33)34)36-15-20-10-16(2)12-30-32-20/h7-13,35H,1,14-15H2,2-6H3/b21-17+,28-13?. The largest absolute Gasteiger partial charge is 0.485 e. The van der Waals surface area contributed by atoms with Crippen LogP contribution in [0.4, 0.5) is 0 Å². The molecule has 0 atom stereocenters. The molecule has 0 spiro atoms. The maximum absolute atomic E-state index is 13.2. The molecule has 0 unspecified atom stereocenters. The summed E-state index contributed by atoms with van der Waals surface area (Å²) in [6.07, 6.45) is 6.45. The molecule has 9 nitrogen and oxygen atoms in total. The van der Waals surface area contributed by atoms with E-state index in [9.17, 15) is 9.90 Å². The Morgan fingerprint density at radius 3 is 2.72 bits per heavy atom. The second-order valence-corrected chi connectivity index (χ2v) is 9.17. The lowest BCUT2D eigenvalue weighted by molar-refractivity contribution is 0.0684. The number of nitrogens with zero attached hydrogens (tertiary/aromatic N) is 6. The highest BCUT2D eigenvalue weighted by molar-refractivity contribution is 6.31. The zero-order valence-electron chi connectivity index (χ0n) is 21.0. The van der Waals surface area contributed by atoms with Crippen molar-refractivity contribution in [3.8, 4) is 5.75 Å². The van der Waals surface area contributed by atoms with Gasteiger partial charge in [0.25, 0.3) is 5.56 Å². The third-order valence-electron chi connectivity index (χ3n) is 5.15. The lowest BCUT2D eigenvalue weighted by atomic mass is 10.1. The van der Waals surface area contributed by atoms with E-state index in [1.165, 1.54) is 4.57 Å². The van der Waals surface area contributed by atoms with Crippen molar-refractivity contribution in [2.75, 3.05) is 0 Å². The molecule has 0 bridgehead atoms. The van der Waals surface area contributed by atoms with E-state index in [0.717, 1.165) is 5.56 Å². The number of aryl methyl sites for hydroxylation is 2. The minimum atomic E-state index is -1.15. The number of rotatable bonds is 9. The first-order valence-corrected chi connectivity index (χ1v) is 11.6. The van der Waals surface area contributed by atoms with Gasteiger partial charge in [0.05, 0.1) is 24.1 Å². The SMILES string of the molecule is C=C/C(=C(/C)C=NCc1ccnc(C(C)(C)O)n1)n1c(C)cc(OCc2cc(C)cnn2)c(Cl)c1=O. The Morgan fingerprint density at radius 2 is 2.06 bits per heavy atom. The van der Waals surface area contributed by atoms with Crippen LogP contribution in [0.15, 0.2) is 58.6 Å². The van der Waals surface area contributed by atoms with Crippen molar-refractivity contribution in [3.05, 3.63) is 92.7 Å². The van der Waals surface area contributed by atoms with Gasteiger partial charge in [-0.2, -0.15) is 10.2 Å². The number of halogens is 1. The Kier molecular flexibility index (Phi) is 8.49. The van der Waals surface area contributed by atoms with E-state index in [0.29, 0.717) is 34.2 Å². The summed E-state index contributed by atoms with van der Waals surface area (Å²) >= 11 is 6.39. The predicted octanol–water partition coefficient (Wildman–Crippen LogP) is 4.19. The first kappa shape index (κ1) is 26.9. The van der Waals surface area contributed by atoms with Gasteiger partial charge in [-0.25, -0.2) is 9.97 Å². The van der Waals surface area contributed by atoms with Crippen LogP contribution in [0.3, 0.4) is 0 Å². The Hall–Kier alpha value is -3.69. The average molecular weight is 509 g/mol. The second kappa shape index (κ2) is 11.4. The second-order valence-electron chi connectivity index (χ2n) is 8.79. The van der Waals surface area contributed by atoms with E-state index >= 15 is 0 Å². The Labute approximate surface area is 214 Å². The third kappa shape index (κ3) is 6.50. The van der Waals surface area contributed by atoms with Crippen LogP contribution in [0, 0.1) is 13.8 Å². The summed E-state index contributed by atoms with van der Waals surface area (Å²) in [7, 11) is 0. The number of aliphatic imine (C=N–C) groups is 1. The lowest BCUT2D eigenvalue weighted by Gasteiger charge is -2.16. The van der Waals surface area contributed by atoms with Gasteiger partial charge in [-0.15, -0.1) is 0 Å². The third-order valence-corrected chi connectivity index (χ3v) is 5.50.